The van der Waals surface area contributed by atoms with Crippen molar-refractivity contribution in [3.05, 3.63) is 35.4 Å². The molecule has 0 spiro atoms. The van der Waals surface area contributed by atoms with Gasteiger partial charge in [0.15, 0.2) is 0 Å². The van der Waals surface area contributed by atoms with Crippen LogP contribution in [0, 0.1) is 11.6 Å². The topological polar surface area (TPSA) is 84.2 Å². The second-order valence-corrected chi connectivity index (χ2v) is 4.48. The smallest absolute Gasteiger partial charge is 0.254 e. The molecule has 1 rings (SSSR count). The number of nitrogens with two attached hydrogens (primary N) is 1. The van der Waals surface area contributed by atoms with E-state index in [1.54, 1.807) is 0 Å². The molecule has 1 aromatic rings. The molecule has 0 fully saturated rings. The summed E-state index contributed by atoms with van der Waals surface area (Å²) in [5.74, 6) is -2.40. The Bertz CT molecular complexity index is 495. The van der Waals surface area contributed by atoms with Crippen molar-refractivity contribution in [2.75, 3.05) is 19.6 Å². The van der Waals surface area contributed by atoms with Crippen molar-refractivity contribution in [2.24, 2.45) is 5.73 Å². The van der Waals surface area contributed by atoms with Crippen LogP contribution in [0.2, 0.25) is 0 Å². The quantitative estimate of drug-likeness (QED) is 0.625. The van der Waals surface area contributed by atoms with Gasteiger partial charge in [-0.25, -0.2) is 8.78 Å². The highest BCUT2D eigenvalue weighted by Crippen LogP contribution is 2.09. The molecule has 0 aliphatic heterocycles. The van der Waals surface area contributed by atoms with Crippen molar-refractivity contribution < 1.29 is 18.4 Å². The molecule has 1 aromatic carbocycles. The van der Waals surface area contributed by atoms with Gasteiger partial charge >= 0.3 is 0 Å². The predicted octanol–water partition coefficient (Wildman–Crippen LogP) is 0.940. The van der Waals surface area contributed by atoms with Gasteiger partial charge in [0.25, 0.3) is 5.91 Å². The standard InChI is InChI=1S/C14H19F2N3O2/c15-10-4-5-11(12(16)9-10)14(21)19-7-1-3-13(20)18-8-2-6-17/h4-5,9H,1-3,6-8,17H2,(H,18,20)(H,19,21). The van der Waals surface area contributed by atoms with Crippen molar-refractivity contribution >= 4 is 11.8 Å². The van der Waals surface area contributed by atoms with Crippen LogP contribution in [0.4, 0.5) is 8.78 Å². The summed E-state index contributed by atoms with van der Waals surface area (Å²) in [4.78, 5) is 23.0. The Morgan fingerprint density at radius 3 is 2.48 bits per heavy atom. The van der Waals surface area contributed by atoms with Gasteiger partial charge < -0.3 is 16.4 Å². The van der Waals surface area contributed by atoms with Crippen molar-refractivity contribution in [2.45, 2.75) is 19.3 Å². The van der Waals surface area contributed by atoms with Crippen molar-refractivity contribution in [1.29, 1.82) is 0 Å². The third-order valence-electron chi connectivity index (χ3n) is 2.74. The summed E-state index contributed by atoms with van der Waals surface area (Å²) in [7, 11) is 0. The van der Waals surface area contributed by atoms with Crippen LogP contribution >= 0.6 is 0 Å². The summed E-state index contributed by atoms with van der Waals surface area (Å²) >= 11 is 0. The summed E-state index contributed by atoms with van der Waals surface area (Å²) in [6, 6.07) is 2.75. The molecule has 0 atom stereocenters. The summed E-state index contributed by atoms with van der Waals surface area (Å²) in [6.45, 7) is 1.28. The maximum atomic E-state index is 13.3. The maximum absolute atomic E-state index is 13.3. The van der Waals surface area contributed by atoms with Gasteiger partial charge in [-0.2, -0.15) is 0 Å². The molecule has 116 valence electrons. The zero-order valence-corrected chi connectivity index (χ0v) is 11.6. The summed E-state index contributed by atoms with van der Waals surface area (Å²) in [6.07, 6.45) is 1.41. The van der Waals surface area contributed by atoms with Gasteiger partial charge in [0, 0.05) is 25.6 Å². The van der Waals surface area contributed by atoms with Crippen molar-refractivity contribution in [1.82, 2.24) is 10.6 Å². The molecule has 4 N–H and O–H groups in total. The molecule has 5 nitrogen and oxygen atoms in total. The molecule has 0 heterocycles. The van der Waals surface area contributed by atoms with Gasteiger partial charge in [0.2, 0.25) is 5.91 Å². The molecule has 0 aliphatic rings. The van der Waals surface area contributed by atoms with Crippen LogP contribution in [0.3, 0.4) is 0 Å². The van der Waals surface area contributed by atoms with Crippen LogP contribution in [0.1, 0.15) is 29.6 Å². The lowest BCUT2D eigenvalue weighted by Crippen LogP contribution is -2.29. The number of amides is 2. The first-order chi connectivity index (χ1) is 10.0. The third-order valence-corrected chi connectivity index (χ3v) is 2.74. The molecule has 0 aliphatic carbocycles. The first-order valence-electron chi connectivity index (χ1n) is 6.74. The van der Waals surface area contributed by atoms with Crippen LogP contribution in [-0.2, 0) is 4.79 Å². The second kappa shape index (κ2) is 9.02. The first-order valence-corrected chi connectivity index (χ1v) is 6.74. The predicted molar refractivity (Wildman–Crippen MR) is 74.6 cm³/mol. The van der Waals surface area contributed by atoms with Crippen LogP contribution in [0.25, 0.3) is 0 Å². The van der Waals surface area contributed by atoms with E-state index < -0.39 is 17.5 Å². The third kappa shape index (κ3) is 6.31. The van der Waals surface area contributed by atoms with E-state index in [0.29, 0.717) is 32.0 Å². The molecule has 0 bridgehead atoms. The van der Waals surface area contributed by atoms with Crippen molar-refractivity contribution in [3.8, 4) is 0 Å². The van der Waals surface area contributed by atoms with Gasteiger partial charge in [-0.15, -0.1) is 0 Å². The SMILES string of the molecule is NCCCNC(=O)CCCNC(=O)c1ccc(F)cc1F. The minimum atomic E-state index is -0.910. The number of halogens is 2. The maximum Gasteiger partial charge on any atom is 0.254 e. The fraction of sp³-hybridized carbons (Fsp3) is 0.429. The van der Waals surface area contributed by atoms with E-state index in [9.17, 15) is 18.4 Å². The Balaban J connectivity index is 2.26. The van der Waals surface area contributed by atoms with E-state index in [2.05, 4.69) is 10.6 Å². The van der Waals surface area contributed by atoms with Crippen molar-refractivity contribution in [3.63, 3.8) is 0 Å². The van der Waals surface area contributed by atoms with Gasteiger partial charge in [-0.3, -0.25) is 9.59 Å². The van der Waals surface area contributed by atoms with Gasteiger partial charge in [0.1, 0.15) is 11.6 Å². The number of hydrogen-bond acceptors (Lipinski definition) is 3. The summed E-state index contributed by atoms with van der Waals surface area (Å²) in [5, 5.41) is 5.17. The zero-order chi connectivity index (χ0) is 15.7. The van der Waals surface area contributed by atoms with Crippen LogP contribution < -0.4 is 16.4 Å². The zero-order valence-electron chi connectivity index (χ0n) is 11.6. The highest BCUT2D eigenvalue weighted by molar-refractivity contribution is 5.94. The molecule has 2 amide bonds. The average Bonchev–Trinajstić information content (AvgIpc) is 2.43. The largest absolute Gasteiger partial charge is 0.356 e. The van der Waals surface area contributed by atoms with E-state index in [1.807, 2.05) is 0 Å². The van der Waals surface area contributed by atoms with E-state index in [4.69, 9.17) is 5.73 Å². The molecule has 0 radical (unpaired) electrons. The second-order valence-electron chi connectivity index (χ2n) is 4.48. The van der Waals surface area contributed by atoms with Gasteiger partial charge in [0.05, 0.1) is 5.56 Å². The highest BCUT2D eigenvalue weighted by atomic mass is 19.1. The fourth-order valence-electron chi connectivity index (χ4n) is 1.64. The molecule has 0 aromatic heterocycles. The van der Waals surface area contributed by atoms with E-state index in [0.717, 1.165) is 12.1 Å². The number of carbonyl (C=O) groups is 2. The molecular weight excluding hydrogens is 280 g/mol. The highest BCUT2D eigenvalue weighted by Gasteiger charge is 2.11. The molecule has 0 saturated carbocycles. The fourth-order valence-corrected chi connectivity index (χ4v) is 1.64. The van der Waals surface area contributed by atoms with Crippen LogP contribution in [0.15, 0.2) is 18.2 Å². The molecule has 0 unspecified atom stereocenters. The molecule has 7 heteroatoms. The first kappa shape index (κ1) is 17.0. The Morgan fingerprint density at radius 2 is 1.81 bits per heavy atom. The van der Waals surface area contributed by atoms with E-state index in [1.165, 1.54) is 0 Å². The van der Waals surface area contributed by atoms with E-state index >= 15 is 0 Å². The van der Waals surface area contributed by atoms with Crippen LogP contribution in [0.5, 0.6) is 0 Å². The Hall–Kier alpha value is -2.02. The molecule has 21 heavy (non-hydrogen) atoms. The number of benzene rings is 1. The number of carbonyl (C=O) groups excluding carboxylic acids is 2. The number of nitrogens with one attached hydrogen (secondary N) is 2. The normalized spacial score (nSPS) is 10.2. The lowest BCUT2D eigenvalue weighted by molar-refractivity contribution is -0.121. The lowest BCUT2D eigenvalue weighted by atomic mass is 10.2. The monoisotopic (exact) mass is 299 g/mol. The summed E-state index contributed by atoms with van der Waals surface area (Å²) < 4.78 is 26.0. The van der Waals surface area contributed by atoms with Gasteiger partial charge in [-0.1, -0.05) is 0 Å². The Labute approximate surface area is 121 Å². The lowest BCUT2D eigenvalue weighted by Gasteiger charge is -2.07. The minimum absolute atomic E-state index is 0.120. The number of rotatable bonds is 8. The molecule has 0 saturated heterocycles. The number of hydrogen-bond donors (Lipinski definition) is 3. The van der Waals surface area contributed by atoms with Crippen LogP contribution in [-0.4, -0.2) is 31.4 Å². The minimum Gasteiger partial charge on any atom is -0.356 e. The van der Waals surface area contributed by atoms with Gasteiger partial charge in [-0.05, 0) is 31.5 Å². The average molecular weight is 299 g/mol. The Morgan fingerprint density at radius 1 is 1.10 bits per heavy atom. The summed E-state index contributed by atoms with van der Waals surface area (Å²) in [5.41, 5.74) is 5.07. The Kier molecular flexibility index (Phi) is 7.31. The van der Waals surface area contributed by atoms with E-state index in [-0.39, 0.29) is 24.4 Å². The molecular formula is C14H19F2N3O2.